The summed E-state index contributed by atoms with van der Waals surface area (Å²) < 4.78 is 53.6. The third kappa shape index (κ3) is 5.04. The van der Waals surface area contributed by atoms with Crippen LogP contribution in [0.1, 0.15) is 45.1 Å². The van der Waals surface area contributed by atoms with Gasteiger partial charge in [0.05, 0.1) is 6.54 Å². The minimum absolute atomic E-state index is 0.0179. The van der Waals surface area contributed by atoms with Crippen LogP contribution < -0.4 is 10.2 Å². The maximum atomic E-state index is 14.9. The average Bonchev–Trinajstić information content (AvgIpc) is 2.51. The first kappa shape index (κ1) is 20.4. The molecular weight excluding hydrogens is 352 g/mol. The van der Waals surface area contributed by atoms with Gasteiger partial charge in [-0.3, -0.25) is 4.79 Å². The van der Waals surface area contributed by atoms with E-state index in [9.17, 15) is 22.4 Å². The third-order valence-corrected chi connectivity index (χ3v) is 4.35. The predicted octanol–water partition coefficient (Wildman–Crippen LogP) is 3.27. The van der Waals surface area contributed by atoms with Crippen molar-refractivity contribution < 1.29 is 22.4 Å². The van der Waals surface area contributed by atoms with Gasteiger partial charge in [0, 0.05) is 37.4 Å². The summed E-state index contributed by atoms with van der Waals surface area (Å²) in [7, 11) is 0. The first-order valence-corrected chi connectivity index (χ1v) is 8.45. The molecule has 1 aromatic heterocycles. The fourth-order valence-corrected chi connectivity index (χ4v) is 2.68. The molecule has 9 heteroatoms. The molecule has 1 aliphatic heterocycles. The summed E-state index contributed by atoms with van der Waals surface area (Å²) in [5.74, 6) is -0.0758. The maximum Gasteiger partial charge on any atom is 0.433 e. The number of hydrogen-bond acceptors (Lipinski definition) is 4. The molecule has 0 spiro atoms. The Balaban J connectivity index is 2.02. The fourth-order valence-electron chi connectivity index (χ4n) is 2.68. The Hall–Kier alpha value is -1.93. The van der Waals surface area contributed by atoms with Crippen LogP contribution in [0.5, 0.6) is 0 Å². The number of anilines is 1. The molecule has 0 aromatic carbocycles. The predicted molar refractivity (Wildman–Crippen MR) is 89.5 cm³/mol. The van der Waals surface area contributed by atoms with E-state index >= 15 is 0 Å². The van der Waals surface area contributed by atoms with Crippen LogP contribution in [0.25, 0.3) is 0 Å². The molecule has 26 heavy (non-hydrogen) atoms. The molecule has 0 saturated carbocycles. The molecule has 0 unspecified atom stereocenters. The van der Waals surface area contributed by atoms with Crippen LogP contribution in [0, 0.1) is 12.3 Å². The Labute approximate surface area is 150 Å². The highest BCUT2D eigenvalue weighted by atomic mass is 19.4. The van der Waals surface area contributed by atoms with Gasteiger partial charge in [0.2, 0.25) is 5.91 Å². The number of carbonyl (C=O) groups is 1. The van der Waals surface area contributed by atoms with E-state index in [1.165, 1.54) is 6.92 Å². The molecular formula is C17H24F4N4O. The number of halogens is 4. The first-order chi connectivity index (χ1) is 11.8. The van der Waals surface area contributed by atoms with Crippen molar-refractivity contribution in [3.8, 4) is 0 Å². The lowest BCUT2D eigenvalue weighted by Gasteiger charge is -2.37. The summed E-state index contributed by atoms with van der Waals surface area (Å²) in [5, 5.41) is 2.62. The molecule has 1 aliphatic rings. The van der Waals surface area contributed by atoms with Gasteiger partial charge in [-0.05, 0) is 6.92 Å². The van der Waals surface area contributed by atoms with Gasteiger partial charge >= 0.3 is 6.18 Å². The van der Waals surface area contributed by atoms with Gasteiger partial charge in [0.25, 0.3) is 0 Å². The molecule has 0 radical (unpaired) electrons. The minimum atomic E-state index is -4.56. The zero-order valence-corrected chi connectivity index (χ0v) is 15.4. The van der Waals surface area contributed by atoms with Crippen molar-refractivity contribution in [2.24, 2.45) is 5.41 Å². The lowest BCUT2D eigenvalue weighted by molar-refractivity contribution is -0.141. The highest BCUT2D eigenvalue weighted by Crippen LogP contribution is 2.32. The second-order valence-electron chi connectivity index (χ2n) is 7.73. The van der Waals surface area contributed by atoms with Crippen LogP contribution in [0.2, 0.25) is 0 Å². The highest BCUT2D eigenvalue weighted by Gasteiger charge is 2.38. The monoisotopic (exact) mass is 376 g/mol. The summed E-state index contributed by atoms with van der Waals surface area (Å²) >= 11 is 0. The number of nitrogens with one attached hydrogen (secondary N) is 1. The third-order valence-electron chi connectivity index (χ3n) is 4.35. The zero-order valence-electron chi connectivity index (χ0n) is 15.4. The van der Waals surface area contributed by atoms with Gasteiger partial charge in [-0.1, -0.05) is 20.8 Å². The van der Waals surface area contributed by atoms with Crippen molar-refractivity contribution in [2.45, 2.75) is 52.4 Å². The van der Waals surface area contributed by atoms with Crippen LogP contribution >= 0.6 is 0 Å². The van der Waals surface area contributed by atoms with Gasteiger partial charge in [-0.25, -0.2) is 14.4 Å². The summed E-state index contributed by atoms with van der Waals surface area (Å²) in [5.41, 5.74) is -3.19. The lowest BCUT2D eigenvalue weighted by atomic mass is 9.91. The number of hydrogen-bond donors (Lipinski definition) is 1. The molecule has 146 valence electrons. The van der Waals surface area contributed by atoms with Crippen LogP contribution in [0.15, 0.2) is 6.07 Å². The number of piperidine rings is 1. The number of rotatable bonds is 3. The van der Waals surface area contributed by atoms with Gasteiger partial charge < -0.3 is 10.2 Å². The molecule has 1 N–H and O–H groups in total. The smallest absolute Gasteiger partial charge is 0.356 e. The largest absolute Gasteiger partial charge is 0.433 e. The molecule has 0 aliphatic carbocycles. The standard InChI is InChI=1S/C17H24F4N4O/c1-11-23-12(17(19,20)21)9-13(24-11)25-7-5-16(18,6-8-25)10-22-14(26)15(2,3)4/h9H,5-8,10H2,1-4H3,(H,22,26). The van der Waals surface area contributed by atoms with E-state index < -0.39 is 23.0 Å². The Bertz CT molecular complexity index is 662. The van der Waals surface area contributed by atoms with Crippen molar-refractivity contribution in [1.82, 2.24) is 15.3 Å². The molecule has 2 heterocycles. The van der Waals surface area contributed by atoms with E-state index in [-0.39, 0.29) is 50.0 Å². The second kappa shape index (κ2) is 7.00. The van der Waals surface area contributed by atoms with Crippen molar-refractivity contribution in [2.75, 3.05) is 24.5 Å². The van der Waals surface area contributed by atoms with E-state index in [4.69, 9.17) is 0 Å². The summed E-state index contributed by atoms with van der Waals surface area (Å²) in [6.45, 7) is 6.95. The molecule has 0 bridgehead atoms. The summed E-state index contributed by atoms with van der Waals surface area (Å²) in [6.07, 6.45) is -4.36. The zero-order chi connectivity index (χ0) is 19.8. The van der Waals surface area contributed by atoms with Crippen LogP contribution in [0.3, 0.4) is 0 Å². The maximum absolute atomic E-state index is 14.9. The normalized spacial score (nSPS) is 17.9. The van der Waals surface area contributed by atoms with E-state index in [1.54, 1.807) is 25.7 Å². The first-order valence-electron chi connectivity index (χ1n) is 8.45. The summed E-state index contributed by atoms with van der Waals surface area (Å²) in [4.78, 5) is 21.0. The lowest BCUT2D eigenvalue weighted by Crippen LogP contribution is -2.50. The molecule has 1 fully saturated rings. The second-order valence-corrected chi connectivity index (χ2v) is 7.73. The molecule has 2 rings (SSSR count). The molecule has 0 atom stereocenters. The van der Waals surface area contributed by atoms with Crippen LogP contribution in [-0.4, -0.2) is 41.2 Å². The Morgan fingerprint density at radius 2 is 1.81 bits per heavy atom. The molecule has 1 saturated heterocycles. The topological polar surface area (TPSA) is 58.1 Å². The van der Waals surface area contributed by atoms with Gasteiger partial charge in [-0.2, -0.15) is 13.2 Å². The molecule has 1 aromatic rings. The van der Waals surface area contributed by atoms with Crippen molar-refractivity contribution >= 4 is 11.7 Å². The van der Waals surface area contributed by atoms with Gasteiger partial charge in [0.1, 0.15) is 23.0 Å². The number of alkyl halides is 4. The summed E-state index contributed by atoms with van der Waals surface area (Å²) in [6, 6.07) is 0.889. The molecule has 5 nitrogen and oxygen atoms in total. The van der Waals surface area contributed by atoms with Gasteiger partial charge in [0.15, 0.2) is 0 Å². The SMILES string of the molecule is Cc1nc(N2CCC(F)(CNC(=O)C(C)(C)C)CC2)cc(C(F)(F)F)n1. The number of aryl methyl sites for hydroxylation is 1. The van der Waals surface area contributed by atoms with E-state index in [2.05, 4.69) is 15.3 Å². The minimum Gasteiger partial charge on any atom is -0.356 e. The Kier molecular flexibility index (Phi) is 5.49. The number of aromatic nitrogens is 2. The van der Waals surface area contributed by atoms with Gasteiger partial charge in [-0.15, -0.1) is 0 Å². The Morgan fingerprint density at radius 3 is 2.31 bits per heavy atom. The van der Waals surface area contributed by atoms with E-state index in [0.29, 0.717) is 0 Å². The highest BCUT2D eigenvalue weighted by molar-refractivity contribution is 5.81. The van der Waals surface area contributed by atoms with Crippen LogP contribution in [0.4, 0.5) is 23.4 Å². The van der Waals surface area contributed by atoms with Crippen molar-refractivity contribution in [3.63, 3.8) is 0 Å². The number of nitrogens with zero attached hydrogens (tertiary/aromatic N) is 3. The van der Waals surface area contributed by atoms with E-state index in [1.807, 2.05) is 0 Å². The number of carbonyl (C=O) groups excluding carboxylic acids is 1. The van der Waals surface area contributed by atoms with Crippen molar-refractivity contribution in [1.29, 1.82) is 0 Å². The molecule has 1 amide bonds. The van der Waals surface area contributed by atoms with Crippen LogP contribution in [-0.2, 0) is 11.0 Å². The Morgan fingerprint density at radius 1 is 1.23 bits per heavy atom. The van der Waals surface area contributed by atoms with Crippen molar-refractivity contribution in [3.05, 3.63) is 17.6 Å². The fraction of sp³-hybridized carbons (Fsp3) is 0.706. The van der Waals surface area contributed by atoms with E-state index in [0.717, 1.165) is 6.07 Å². The number of amides is 1. The average molecular weight is 376 g/mol. The quantitative estimate of drug-likeness (QED) is 0.823.